The Morgan fingerprint density at radius 3 is 1.88 bits per heavy atom. The van der Waals surface area contributed by atoms with Gasteiger partial charge in [-0.2, -0.15) is 0 Å². The normalized spacial score (nSPS) is 25.9. The second-order valence-corrected chi connectivity index (χ2v) is 5.10. The summed E-state index contributed by atoms with van der Waals surface area (Å²) in [6.07, 6.45) is 1.22. The molecule has 2 aliphatic heterocycles. The van der Waals surface area contributed by atoms with Gasteiger partial charge in [-0.15, -0.1) is 0 Å². The molecule has 2 aliphatic rings. The average Bonchev–Trinajstić information content (AvgIpc) is 2.25. The molecule has 0 radical (unpaired) electrons. The van der Waals surface area contributed by atoms with E-state index in [2.05, 4.69) is 21.6 Å². The largest absolute Gasteiger partial charge is 0.390 e. The molecule has 0 atom stereocenters. The molecule has 2 fully saturated rings. The van der Waals surface area contributed by atoms with Crippen LogP contribution in [0.3, 0.4) is 0 Å². The lowest BCUT2D eigenvalue weighted by Gasteiger charge is -2.39. The first-order valence-electron chi connectivity index (χ1n) is 6.63. The van der Waals surface area contributed by atoms with E-state index in [1.165, 1.54) is 45.7 Å². The molecule has 2 rings (SSSR count). The van der Waals surface area contributed by atoms with Crippen LogP contribution in [0.15, 0.2) is 0 Å². The Balaban J connectivity index is 1.55. The number of piperazine rings is 1. The Morgan fingerprint density at radius 1 is 0.875 bits per heavy atom. The first-order chi connectivity index (χ1) is 7.78. The minimum Gasteiger partial charge on any atom is -0.390 e. The van der Waals surface area contributed by atoms with Gasteiger partial charge in [-0.25, -0.2) is 0 Å². The summed E-state index contributed by atoms with van der Waals surface area (Å²) in [5.41, 5.74) is 0. The van der Waals surface area contributed by atoms with Crippen LogP contribution in [0.2, 0.25) is 0 Å². The molecule has 0 amide bonds. The Labute approximate surface area is 98.8 Å². The van der Waals surface area contributed by atoms with Crippen molar-refractivity contribution < 1.29 is 5.11 Å². The van der Waals surface area contributed by atoms with E-state index in [0.29, 0.717) is 0 Å². The molecule has 0 saturated carbocycles. The lowest BCUT2D eigenvalue weighted by atomic mass is 10.2. The summed E-state index contributed by atoms with van der Waals surface area (Å²) in [6, 6.07) is 0. The molecular weight excluding hydrogens is 202 g/mol. The molecule has 0 bridgehead atoms. The molecule has 0 spiro atoms. The first-order valence-corrected chi connectivity index (χ1v) is 6.63. The number of aliphatic hydroxyl groups is 1. The van der Waals surface area contributed by atoms with Crippen molar-refractivity contribution in [2.24, 2.45) is 0 Å². The highest BCUT2D eigenvalue weighted by atomic mass is 16.3. The zero-order chi connectivity index (χ0) is 11.4. The maximum Gasteiger partial charge on any atom is 0.0793 e. The van der Waals surface area contributed by atoms with Gasteiger partial charge in [0, 0.05) is 52.4 Å². The van der Waals surface area contributed by atoms with E-state index in [0.717, 1.165) is 19.6 Å². The van der Waals surface area contributed by atoms with E-state index in [1.54, 1.807) is 0 Å². The third kappa shape index (κ3) is 3.42. The molecule has 2 saturated heterocycles. The van der Waals surface area contributed by atoms with Crippen molar-refractivity contribution in [3.8, 4) is 0 Å². The molecule has 0 aromatic carbocycles. The number of rotatable bonds is 5. The van der Waals surface area contributed by atoms with Crippen molar-refractivity contribution in [2.45, 2.75) is 19.4 Å². The van der Waals surface area contributed by atoms with E-state index < -0.39 is 0 Å². The quantitative estimate of drug-likeness (QED) is 0.698. The van der Waals surface area contributed by atoms with Gasteiger partial charge in [-0.3, -0.25) is 9.80 Å². The SMILES string of the molecule is CCCN1CCN(CCN2CC(O)C2)CC1. The monoisotopic (exact) mass is 227 g/mol. The second kappa shape index (κ2) is 5.96. The summed E-state index contributed by atoms with van der Waals surface area (Å²) in [4.78, 5) is 7.45. The van der Waals surface area contributed by atoms with Crippen LogP contribution in [0.5, 0.6) is 0 Å². The van der Waals surface area contributed by atoms with Gasteiger partial charge in [0.25, 0.3) is 0 Å². The van der Waals surface area contributed by atoms with E-state index in [4.69, 9.17) is 0 Å². The van der Waals surface area contributed by atoms with Crippen LogP contribution in [0, 0.1) is 0 Å². The molecule has 0 aromatic rings. The summed E-state index contributed by atoms with van der Waals surface area (Å²) < 4.78 is 0. The third-order valence-electron chi connectivity index (χ3n) is 3.68. The van der Waals surface area contributed by atoms with Crippen molar-refractivity contribution in [3.63, 3.8) is 0 Å². The Bertz CT molecular complexity index is 198. The topological polar surface area (TPSA) is 30.0 Å². The Kier molecular flexibility index (Phi) is 4.58. The van der Waals surface area contributed by atoms with E-state index >= 15 is 0 Å². The molecule has 0 aliphatic carbocycles. The molecule has 2 heterocycles. The van der Waals surface area contributed by atoms with Gasteiger partial charge in [0.1, 0.15) is 0 Å². The maximum absolute atomic E-state index is 9.19. The van der Waals surface area contributed by atoms with Crippen molar-refractivity contribution in [3.05, 3.63) is 0 Å². The van der Waals surface area contributed by atoms with Crippen LogP contribution in [-0.2, 0) is 0 Å². The molecule has 4 nitrogen and oxygen atoms in total. The second-order valence-electron chi connectivity index (χ2n) is 5.10. The first kappa shape index (κ1) is 12.3. The molecule has 16 heavy (non-hydrogen) atoms. The van der Waals surface area contributed by atoms with Crippen molar-refractivity contribution in [1.82, 2.24) is 14.7 Å². The number of hydrogen-bond donors (Lipinski definition) is 1. The number of hydrogen-bond acceptors (Lipinski definition) is 4. The highest BCUT2D eigenvalue weighted by Crippen LogP contribution is 2.08. The molecule has 0 aromatic heterocycles. The fourth-order valence-corrected chi connectivity index (χ4v) is 2.56. The van der Waals surface area contributed by atoms with Crippen molar-refractivity contribution in [2.75, 3.05) is 58.9 Å². The fourth-order valence-electron chi connectivity index (χ4n) is 2.56. The molecule has 4 heteroatoms. The predicted octanol–water partition coefficient (Wildman–Crippen LogP) is -0.309. The smallest absolute Gasteiger partial charge is 0.0793 e. The minimum absolute atomic E-state index is 0.0543. The third-order valence-corrected chi connectivity index (χ3v) is 3.68. The minimum atomic E-state index is -0.0543. The van der Waals surface area contributed by atoms with Gasteiger partial charge < -0.3 is 10.0 Å². The van der Waals surface area contributed by atoms with Gasteiger partial charge >= 0.3 is 0 Å². The molecule has 0 unspecified atom stereocenters. The van der Waals surface area contributed by atoms with Crippen LogP contribution in [0.1, 0.15) is 13.3 Å². The zero-order valence-electron chi connectivity index (χ0n) is 10.4. The van der Waals surface area contributed by atoms with Gasteiger partial charge in [-0.05, 0) is 13.0 Å². The van der Waals surface area contributed by atoms with Crippen LogP contribution in [-0.4, -0.2) is 84.8 Å². The number of likely N-dealkylation sites (tertiary alicyclic amines) is 1. The summed E-state index contributed by atoms with van der Waals surface area (Å²) in [6.45, 7) is 12.5. The van der Waals surface area contributed by atoms with Gasteiger partial charge in [0.2, 0.25) is 0 Å². The molecular formula is C12H25N3O. The van der Waals surface area contributed by atoms with Crippen LogP contribution < -0.4 is 0 Å². The van der Waals surface area contributed by atoms with E-state index in [-0.39, 0.29) is 6.10 Å². The van der Waals surface area contributed by atoms with E-state index in [9.17, 15) is 5.11 Å². The summed E-state index contributed by atoms with van der Waals surface area (Å²) in [5, 5.41) is 9.19. The van der Waals surface area contributed by atoms with Gasteiger partial charge in [0.15, 0.2) is 0 Å². The number of nitrogens with zero attached hydrogens (tertiary/aromatic N) is 3. The summed E-state index contributed by atoms with van der Waals surface area (Å²) >= 11 is 0. The van der Waals surface area contributed by atoms with Gasteiger partial charge in [0.05, 0.1) is 6.10 Å². The predicted molar refractivity (Wildman–Crippen MR) is 65.6 cm³/mol. The Morgan fingerprint density at radius 2 is 1.38 bits per heavy atom. The Hall–Kier alpha value is -0.160. The van der Waals surface area contributed by atoms with Crippen LogP contribution >= 0.6 is 0 Å². The van der Waals surface area contributed by atoms with E-state index in [1.807, 2.05) is 0 Å². The van der Waals surface area contributed by atoms with Gasteiger partial charge in [-0.1, -0.05) is 6.92 Å². The standard InChI is InChI=1S/C12H25N3O/c1-2-3-13-4-6-14(7-5-13)8-9-15-10-12(16)11-15/h12,16H,2-11H2,1H3. The summed E-state index contributed by atoms with van der Waals surface area (Å²) in [7, 11) is 0. The maximum atomic E-state index is 9.19. The average molecular weight is 227 g/mol. The van der Waals surface area contributed by atoms with Crippen LogP contribution in [0.4, 0.5) is 0 Å². The van der Waals surface area contributed by atoms with Crippen molar-refractivity contribution >= 4 is 0 Å². The summed E-state index contributed by atoms with van der Waals surface area (Å²) in [5.74, 6) is 0. The van der Waals surface area contributed by atoms with Crippen molar-refractivity contribution in [1.29, 1.82) is 0 Å². The van der Waals surface area contributed by atoms with Crippen LogP contribution in [0.25, 0.3) is 0 Å². The molecule has 94 valence electrons. The number of β-amino-alcohol motifs (C(OH)–C–C–N with tert-alkyl or cyclic N) is 1. The zero-order valence-corrected chi connectivity index (χ0v) is 10.4. The highest BCUT2D eigenvalue weighted by molar-refractivity contribution is 4.80. The fraction of sp³-hybridized carbons (Fsp3) is 1.00. The number of aliphatic hydroxyl groups excluding tert-OH is 1. The highest BCUT2D eigenvalue weighted by Gasteiger charge is 2.24. The molecule has 1 N–H and O–H groups in total. The lowest BCUT2D eigenvalue weighted by Crippen LogP contribution is -2.54. The lowest BCUT2D eigenvalue weighted by molar-refractivity contribution is -0.00506.